The van der Waals surface area contributed by atoms with E-state index in [1.165, 1.54) is 4.90 Å². The van der Waals surface area contributed by atoms with Crippen molar-refractivity contribution in [2.45, 2.75) is 56.7 Å². The van der Waals surface area contributed by atoms with Crippen LogP contribution in [0.1, 0.15) is 38.5 Å². The predicted octanol–water partition coefficient (Wildman–Crippen LogP) is -2.81. The van der Waals surface area contributed by atoms with Crippen LogP contribution >= 0.6 is 0 Å². The Bertz CT molecular complexity index is 621. The standard InChI is InChI=1S/C16H29N7O5/c17-9(5-6-12(18)24)13(25)22-10(3-1-7-21-16(19)20)14(26)23-8-2-4-11(23)15(27)28/h9-11H,1-8,17H2,(H2,18,24)(H,22,25)(H,27,28)(H4,19,20,21)/t9-,10-,11+/m0/s1. The number of hydrogen-bond donors (Lipinski definition) is 6. The van der Waals surface area contributed by atoms with Crippen LogP contribution in [-0.4, -0.2) is 70.9 Å². The Hall–Kier alpha value is -2.89. The van der Waals surface area contributed by atoms with E-state index in [0.717, 1.165) is 0 Å². The fourth-order valence-electron chi connectivity index (χ4n) is 2.96. The van der Waals surface area contributed by atoms with Crippen LogP contribution in [0.4, 0.5) is 0 Å². The van der Waals surface area contributed by atoms with E-state index >= 15 is 0 Å². The second kappa shape index (κ2) is 11.1. The third kappa shape index (κ3) is 7.39. The molecule has 1 heterocycles. The van der Waals surface area contributed by atoms with Crippen molar-refractivity contribution in [2.75, 3.05) is 13.1 Å². The summed E-state index contributed by atoms with van der Waals surface area (Å²) in [6.07, 6.45) is 1.48. The SMILES string of the molecule is NC(=O)CC[C@H](N)C(=O)N[C@@H](CCCN=C(N)N)C(=O)N1CCC[C@@H]1C(=O)O. The highest BCUT2D eigenvalue weighted by molar-refractivity contribution is 5.92. The highest BCUT2D eigenvalue weighted by Crippen LogP contribution is 2.19. The summed E-state index contributed by atoms with van der Waals surface area (Å²) < 4.78 is 0. The minimum atomic E-state index is -1.09. The average molecular weight is 399 g/mol. The van der Waals surface area contributed by atoms with E-state index in [2.05, 4.69) is 10.3 Å². The van der Waals surface area contributed by atoms with Crippen LogP contribution < -0.4 is 28.3 Å². The van der Waals surface area contributed by atoms with Gasteiger partial charge in [0.25, 0.3) is 0 Å². The van der Waals surface area contributed by atoms with Crippen molar-refractivity contribution in [2.24, 2.45) is 27.9 Å². The maximum atomic E-state index is 12.9. The number of hydrogen-bond acceptors (Lipinski definition) is 6. The third-order valence-electron chi connectivity index (χ3n) is 4.42. The van der Waals surface area contributed by atoms with E-state index in [-0.39, 0.29) is 31.8 Å². The number of nitrogens with zero attached hydrogens (tertiary/aromatic N) is 2. The minimum absolute atomic E-state index is 0.0392. The zero-order chi connectivity index (χ0) is 21.3. The van der Waals surface area contributed by atoms with Crippen molar-refractivity contribution in [1.82, 2.24) is 10.2 Å². The highest BCUT2D eigenvalue weighted by Gasteiger charge is 2.37. The first kappa shape index (κ1) is 23.1. The molecule has 3 amide bonds. The summed E-state index contributed by atoms with van der Waals surface area (Å²) in [7, 11) is 0. The number of primary amides is 1. The van der Waals surface area contributed by atoms with E-state index in [4.69, 9.17) is 22.9 Å². The van der Waals surface area contributed by atoms with Crippen molar-refractivity contribution in [3.63, 3.8) is 0 Å². The number of aliphatic imine (C=N–C) groups is 1. The lowest BCUT2D eigenvalue weighted by Crippen LogP contribution is -2.54. The molecule has 12 heteroatoms. The number of carboxylic acid groups (broad SMARTS) is 1. The molecule has 0 aliphatic carbocycles. The zero-order valence-electron chi connectivity index (χ0n) is 15.7. The molecular weight excluding hydrogens is 370 g/mol. The van der Waals surface area contributed by atoms with Crippen LogP contribution in [0.15, 0.2) is 4.99 Å². The summed E-state index contributed by atoms with van der Waals surface area (Å²) in [6.45, 7) is 0.544. The number of carbonyl (C=O) groups is 4. The van der Waals surface area contributed by atoms with Gasteiger partial charge in [0.15, 0.2) is 5.96 Å². The molecular formula is C16H29N7O5. The van der Waals surface area contributed by atoms with Gasteiger partial charge in [0, 0.05) is 19.5 Å². The first-order valence-corrected chi connectivity index (χ1v) is 9.06. The zero-order valence-corrected chi connectivity index (χ0v) is 15.7. The summed E-state index contributed by atoms with van der Waals surface area (Å²) >= 11 is 0. The number of rotatable bonds is 11. The molecule has 158 valence electrons. The van der Waals surface area contributed by atoms with Crippen molar-refractivity contribution in [3.8, 4) is 0 Å². The molecule has 12 nitrogen and oxygen atoms in total. The lowest BCUT2D eigenvalue weighted by molar-refractivity contribution is -0.149. The van der Waals surface area contributed by atoms with Crippen molar-refractivity contribution in [1.29, 1.82) is 0 Å². The Balaban J connectivity index is 2.81. The van der Waals surface area contributed by atoms with Gasteiger partial charge in [-0.2, -0.15) is 0 Å². The number of carboxylic acids is 1. The van der Waals surface area contributed by atoms with Crippen LogP contribution in [0.5, 0.6) is 0 Å². The summed E-state index contributed by atoms with van der Waals surface area (Å²) in [4.78, 5) is 52.4. The molecule has 1 fully saturated rings. The van der Waals surface area contributed by atoms with Gasteiger partial charge in [0.05, 0.1) is 6.04 Å². The number of aliphatic carboxylic acids is 1. The van der Waals surface area contributed by atoms with E-state index in [0.29, 0.717) is 25.8 Å². The Morgan fingerprint density at radius 1 is 1.18 bits per heavy atom. The molecule has 0 saturated carbocycles. The number of nitrogens with two attached hydrogens (primary N) is 4. The van der Waals surface area contributed by atoms with Gasteiger partial charge < -0.3 is 38.3 Å². The van der Waals surface area contributed by atoms with Crippen LogP contribution in [0, 0.1) is 0 Å². The second-order valence-electron chi connectivity index (χ2n) is 6.65. The fraction of sp³-hybridized carbons (Fsp3) is 0.688. The second-order valence-corrected chi connectivity index (χ2v) is 6.65. The quantitative estimate of drug-likeness (QED) is 0.121. The molecule has 0 aromatic rings. The molecule has 3 atom stereocenters. The molecule has 28 heavy (non-hydrogen) atoms. The minimum Gasteiger partial charge on any atom is -0.480 e. The smallest absolute Gasteiger partial charge is 0.326 e. The molecule has 1 saturated heterocycles. The molecule has 0 aromatic carbocycles. The summed E-state index contributed by atoms with van der Waals surface area (Å²) in [5.74, 6) is -2.88. The van der Waals surface area contributed by atoms with E-state index < -0.39 is 41.8 Å². The van der Waals surface area contributed by atoms with Gasteiger partial charge in [0.1, 0.15) is 12.1 Å². The van der Waals surface area contributed by atoms with E-state index in [9.17, 15) is 24.3 Å². The maximum absolute atomic E-state index is 12.9. The number of amides is 3. The molecule has 0 spiro atoms. The van der Waals surface area contributed by atoms with Gasteiger partial charge in [-0.25, -0.2) is 4.79 Å². The lowest BCUT2D eigenvalue weighted by atomic mass is 10.1. The molecule has 0 unspecified atom stereocenters. The van der Waals surface area contributed by atoms with Crippen molar-refractivity contribution in [3.05, 3.63) is 0 Å². The molecule has 1 aliphatic rings. The van der Waals surface area contributed by atoms with Crippen molar-refractivity contribution >= 4 is 29.7 Å². The molecule has 0 bridgehead atoms. The Kier molecular flexibility index (Phi) is 9.15. The van der Waals surface area contributed by atoms with Gasteiger partial charge in [-0.1, -0.05) is 0 Å². The molecule has 0 radical (unpaired) electrons. The molecule has 1 aliphatic heterocycles. The molecule has 1 rings (SSSR count). The Morgan fingerprint density at radius 3 is 2.43 bits per heavy atom. The van der Waals surface area contributed by atoms with Gasteiger partial charge in [-0.05, 0) is 32.1 Å². The molecule has 0 aromatic heterocycles. The normalized spacial score (nSPS) is 18.2. The van der Waals surface area contributed by atoms with E-state index in [1.54, 1.807) is 0 Å². The number of carbonyl (C=O) groups excluding carboxylic acids is 3. The Labute approximate surface area is 162 Å². The van der Waals surface area contributed by atoms with Gasteiger partial charge in [-0.3, -0.25) is 19.4 Å². The monoisotopic (exact) mass is 399 g/mol. The largest absolute Gasteiger partial charge is 0.480 e. The number of likely N-dealkylation sites (tertiary alicyclic amines) is 1. The highest BCUT2D eigenvalue weighted by atomic mass is 16.4. The van der Waals surface area contributed by atoms with E-state index in [1.807, 2.05) is 0 Å². The van der Waals surface area contributed by atoms with Gasteiger partial charge >= 0.3 is 5.97 Å². The van der Waals surface area contributed by atoms with Crippen LogP contribution in [0.3, 0.4) is 0 Å². The fourth-order valence-corrected chi connectivity index (χ4v) is 2.96. The van der Waals surface area contributed by atoms with Crippen LogP contribution in [0.25, 0.3) is 0 Å². The topological polar surface area (TPSA) is 220 Å². The predicted molar refractivity (Wildman–Crippen MR) is 101 cm³/mol. The van der Waals surface area contributed by atoms with Crippen LogP contribution in [0.2, 0.25) is 0 Å². The Morgan fingerprint density at radius 2 is 1.86 bits per heavy atom. The molecule has 10 N–H and O–H groups in total. The number of nitrogens with one attached hydrogen (secondary N) is 1. The summed E-state index contributed by atoms with van der Waals surface area (Å²) in [5, 5.41) is 11.8. The first-order valence-electron chi connectivity index (χ1n) is 9.06. The van der Waals surface area contributed by atoms with Gasteiger partial charge in [-0.15, -0.1) is 0 Å². The lowest BCUT2D eigenvalue weighted by Gasteiger charge is -2.28. The number of guanidine groups is 1. The summed E-state index contributed by atoms with van der Waals surface area (Å²) in [5.41, 5.74) is 21.3. The summed E-state index contributed by atoms with van der Waals surface area (Å²) in [6, 6.07) is -2.91. The third-order valence-corrected chi connectivity index (χ3v) is 4.42. The average Bonchev–Trinajstić information content (AvgIpc) is 3.11. The van der Waals surface area contributed by atoms with Crippen LogP contribution in [-0.2, 0) is 19.2 Å². The van der Waals surface area contributed by atoms with Crippen molar-refractivity contribution < 1.29 is 24.3 Å². The maximum Gasteiger partial charge on any atom is 0.326 e. The van der Waals surface area contributed by atoms with Gasteiger partial charge in [0.2, 0.25) is 17.7 Å². The first-order chi connectivity index (χ1) is 13.1.